The Hall–Kier alpha value is -2.83. The average molecular weight is 404 g/mol. The van der Waals surface area contributed by atoms with E-state index >= 15 is 0 Å². The molecule has 6 nitrogen and oxygen atoms in total. The Morgan fingerprint density at radius 2 is 1.78 bits per heavy atom. The number of benzene rings is 2. The van der Waals surface area contributed by atoms with Crippen molar-refractivity contribution < 1.29 is 14.3 Å². The Morgan fingerprint density at radius 3 is 2.48 bits per heavy atom. The molecule has 2 aromatic carbocycles. The summed E-state index contributed by atoms with van der Waals surface area (Å²) in [4.78, 5) is 23.9. The number of hydrogen-bond donors (Lipinski definition) is 1. The van der Waals surface area contributed by atoms with E-state index in [1.807, 2.05) is 6.07 Å². The summed E-state index contributed by atoms with van der Waals surface area (Å²) in [6.07, 6.45) is 1.58. The van der Waals surface area contributed by atoms with Gasteiger partial charge in [-0.3, -0.25) is 4.79 Å². The van der Waals surface area contributed by atoms with E-state index in [4.69, 9.17) is 23.2 Å². The zero-order valence-corrected chi connectivity index (χ0v) is 15.8. The molecule has 138 valence electrons. The van der Waals surface area contributed by atoms with Crippen LogP contribution in [0, 0.1) is 0 Å². The zero-order valence-electron chi connectivity index (χ0n) is 14.3. The first-order valence-corrected chi connectivity index (χ1v) is 8.69. The fourth-order valence-electron chi connectivity index (χ4n) is 2.46. The van der Waals surface area contributed by atoms with Crippen LogP contribution >= 0.6 is 23.2 Å². The smallest absolute Gasteiger partial charge is 0.337 e. The molecule has 1 N–H and O–H groups in total. The molecule has 8 heteroatoms. The molecule has 0 aliphatic rings. The molecule has 0 aliphatic heterocycles. The highest BCUT2D eigenvalue weighted by Gasteiger charge is 2.13. The number of aromatic nitrogens is 2. The van der Waals surface area contributed by atoms with Crippen molar-refractivity contribution in [2.45, 2.75) is 6.54 Å². The summed E-state index contributed by atoms with van der Waals surface area (Å²) in [5, 5.41) is 7.92. The third-order valence-corrected chi connectivity index (χ3v) is 4.74. The minimum absolute atomic E-state index is 0.328. The monoisotopic (exact) mass is 403 g/mol. The van der Waals surface area contributed by atoms with Gasteiger partial charge in [-0.1, -0.05) is 35.3 Å². The summed E-state index contributed by atoms with van der Waals surface area (Å²) in [6, 6.07) is 13.2. The number of methoxy groups -OCH3 is 1. The van der Waals surface area contributed by atoms with E-state index in [0.29, 0.717) is 33.5 Å². The second-order valence-corrected chi connectivity index (χ2v) is 6.40. The molecule has 3 aromatic rings. The van der Waals surface area contributed by atoms with Crippen LogP contribution in [0.4, 0.5) is 5.82 Å². The fourth-order valence-corrected chi connectivity index (χ4v) is 2.84. The molecule has 0 saturated heterocycles. The first kappa shape index (κ1) is 18.9. The van der Waals surface area contributed by atoms with Gasteiger partial charge in [-0.15, -0.1) is 0 Å². The van der Waals surface area contributed by atoms with Gasteiger partial charge in [-0.05, 0) is 35.9 Å². The van der Waals surface area contributed by atoms with Gasteiger partial charge in [0.2, 0.25) is 0 Å². The third-order valence-electron chi connectivity index (χ3n) is 3.88. The van der Waals surface area contributed by atoms with Crippen molar-refractivity contribution in [1.29, 1.82) is 0 Å². The minimum atomic E-state index is -0.460. The highest BCUT2D eigenvalue weighted by Crippen LogP contribution is 2.26. The number of ether oxygens (including phenoxy) is 1. The van der Waals surface area contributed by atoms with Crippen molar-refractivity contribution in [3.8, 4) is 0 Å². The van der Waals surface area contributed by atoms with Gasteiger partial charge in [0, 0.05) is 11.6 Å². The van der Waals surface area contributed by atoms with Gasteiger partial charge in [-0.25, -0.2) is 9.48 Å². The summed E-state index contributed by atoms with van der Waals surface area (Å²) >= 11 is 12.3. The summed E-state index contributed by atoms with van der Waals surface area (Å²) in [5.74, 6) is -0.281. The SMILES string of the molecule is COC(=O)c1ccc(C(=O)Nc2ccnn2Cc2cccc(Cl)c2Cl)cc1. The van der Waals surface area contributed by atoms with Crippen LogP contribution in [0.1, 0.15) is 26.3 Å². The van der Waals surface area contributed by atoms with E-state index < -0.39 is 5.97 Å². The molecule has 0 spiro atoms. The van der Waals surface area contributed by atoms with Gasteiger partial charge in [-0.2, -0.15) is 5.10 Å². The van der Waals surface area contributed by atoms with Gasteiger partial charge >= 0.3 is 5.97 Å². The molecule has 27 heavy (non-hydrogen) atoms. The lowest BCUT2D eigenvalue weighted by molar-refractivity contribution is 0.0600. The molecule has 1 heterocycles. The largest absolute Gasteiger partial charge is 0.465 e. The van der Waals surface area contributed by atoms with Crippen LogP contribution in [0.3, 0.4) is 0 Å². The van der Waals surface area contributed by atoms with E-state index in [0.717, 1.165) is 5.56 Å². The Labute approximate surface area is 165 Å². The number of halogens is 2. The molecule has 0 saturated carbocycles. The summed E-state index contributed by atoms with van der Waals surface area (Å²) in [6.45, 7) is 0.350. The first-order valence-electron chi connectivity index (χ1n) is 7.94. The van der Waals surface area contributed by atoms with E-state index in [-0.39, 0.29) is 5.91 Å². The molecule has 3 rings (SSSR count). The van der Waals surface area contributed by atoms with Gasteiger partial charge in [0.1, 0.15) is 5.82 Å². The van der Waals surface area contributed by atoms with Crippen LogP contribution < -0.4 is 5.32 Å². The molecular weight excluding hydrogens is 389 g/mol. The molecule has 0 unspecified atom stereocenters. The second kappa shape index (κ2) is 8.24. The van der Waals surface area contributed by atoms with Crippen LogP contribution in [-0.2, 0) is 11.3 Å². The molecule has 0 bridgehead atoms. The number of esters is 1. The van der Waals surface area contributed by atoms with Crippen LogP contribution in [0.15, 0.2) is 54.7 Å². The normalized spacial score (nSPS) is 10.5. The fraction of sp³-hybridized carbons (Fsp3) is 0.105. The number of hydrogen-bond acceptors (Lipinski definition) is 4. The second-order valence-electron chi connectivity index (χ2n) is 5.61. The predicted octanol–water partition coefficient (Wildman–Crippen LogP) is 4.28. The highest BCUT2D eigenvalue weighted by molar-refractivity contribution is 6.42. The molecule has 0 radical (unpaired) electrons. The number of nitrogens with zero attached hydrogens (tertiary/aromatic N) is 2. The topological polar surface area (TPSA) is 73.2 Å². The standard InChI is InChI=1S/C19H15Cl2N3O3/c1-27-19(26)13-7-5-12(6-8-13)18(25)23-16-9-10-22-24(16)11-14-3-2-4-15(20)17(14)21/h2-10H,11H2,1H3,(H,23,25). The van der Waals surface area contributed by atoms with Gasteiger partial charge in [0.15, 0.2) is 0 Å². The number of anilines is 1. The molecule has 1 amide bonds. The van der Waals surface area contributed by atoms with Gasteiger partial charge in [0.25, 0.3) is 5.91 Å². The van der Waals surface area contributed by atoms with Crippen LogP contribution in [0.25, 0.3) is 0 Å². The maximum absolute atomic E-state index is 12.5. The number of amides is 1. The maximum Gasteiger partial charge on any atom is 0.337 e. The Bertz CT molecular complexity index is 984. The number of carbonyl (C=O) groups excluding carboxylic acids is 2. The van der Waals surface area contributed by atoms with E-state index in [2.05, 4.69) is 15.2 Å². The van der Waals surface area contributed by atoms with E-state index in [1.165, 1.54) is 19.2 Å². The van der Waals surface area contributed by atoms with Crippen molar-refractivity contribution in [3.05, 3.63) is 81.5 Å². The quantitative estimate of drug-likeness (QED) is 0.645. The van der Waals surface area contributed by atoms with Crippen molar-refractivity contribution >= 4 is 40.9 Å². The Kier molecular flexibility index (Phi) is 5.78. The number of carbonyl (C=O) groups is 2. The first-order chi connectivity index (χ1) is 13.0. The summed E-state index contributed by atoms with van der Waals surface area (Å²) < 4.78 is 6.25. The lowest BCUT2D eigenvalue weighted by atomic mass is 10.1. The molecule has 0 aliphatic carbocycles. The predicted molar refractivity (Wildman–Crippen MR) is 104 cm³/mol. The zero-order chi connectivity index (χ0) is 19.4. The summed E-state index contributed by atoms with van der Waals surface area (Å²) in [5.41, 5.74) is 1.55. The number of rotatable bonds is 5. The number of nitrogens with one attached hydrogen (secondary N) is 1. The van der Waals surface area contributed by atoms with Crippen LogP contribution in [0.5, 0.6) is 0 Å². The molecule has 0 atom stereocenters. The average Bonchev–Trinajstić information content (AvgIpc) is 3.11. The van der Waals surface area contributed by atoms with Crippen molar-refractivity contribution in [3.63, 3.8) is 0 Å². The van der Waals surface area contributed by atoms with Crippen molar-refractivity contribution in [2.24, 2.45) is 0 Å². The van der Waals surface area contributed by atoms with Crippen molar-refractivity contribution in [2.75, 3.05) is 12.4 Å². The third kappa shape index (κ3) is 4.30. The van der Waals surface area contributed by atoms with Gasteiger partial charge < -0.3 is 10.1 Å². The lowest BCUT2D eigenvalue weighted by Crippen LogP contribution is -2.16. The van der Waals surface area contributed by atoms with Crippen molar-refractivity contribution in [1.82, 2.24) is 9.78 Å². The van der Waals surface area contributed by atoms with E-state index in [1.54, 1.807) is 41.2 Å². The lowest BCUT2D eigenvalue weighted by Gasteiger charge is -2.11. The van der Waals surface area contributed by atoms with Crippen LogP contribution in [0.2, 0.25) is 10.0 Å². The van der Waals surface area contributed by atoms with Gasteiger partial charge in [0.05, 0.1) is 35.5 Å². The van der Waals surface area contributed by atoms with E-state index in [9.17, 15) is 9.59 Å². The Morgan fingerprint density at radius 1 is 1.07 bits per heavy atom. The summed E-state index contributed by atoms with van der Waals surface area (Å²) in [7, 11) is 1.30. The van der Waals surface area contributed by atoms with Crippen LogP contribution in [-0.4, -0.2) is 28.8 Å². The maximum atomic E-state index is 12.5. The Balaban J connectivity index is 1.75. The molecule has 0 fully saturated rings. The molecular formula is C19H15Cl2N3O3. The highest BCUT2D eigenvalue weighted by atomic mass is 35.5. The minimum Gasteiger partial charge on any atom is -0.465 e. The molecule has 1 aromatic heterocycles.